The van der Waals surface area contributed by atoms with Crippen LogP contribution in [0.15, 0.2) is 18.2 Å². The molecule has 2 amide bonds. The summed E-state index contributed by atoms with van der Waals surface area (Å²) in [5.74, 6) is -0.731. The summed E-state index contributed by atoms with van der Waals surface area (Å²) in [7, 11) is 0. The number of nitrogens with two attached hydrogens (primary N) is 2. The first-order valence-electron chi connectivity index (χ1n) is 5.93. The van der Waals surface area contributed by atoms with Crippen molar-refractivity contribution >= 4 is 23.2 Å². The monoisotopic (exact) mass is 264 g/mol. The van der Waals surface area contributed by atoms with Crippen molar-refractivity contribution < 1.29 is 9.59 Å². The van der Waals surface area contributed by atoms with Gasteiger partial charge in [0, 0.05) is 16.9 Å². The van der Waals surface area contributed by atoms with E-state index in [0.29, 0.717) is 11.4 Å². The molecule has 1 aromatic rings. The number of carbonyl (C=O) groups is 2. The molecule has 0 spiro atoms. The maximum atomic E-state index is 11.6. The Bertz CT molecular complexity index is 492. The molecule has 0 aliphatic carbocycles. The van der Waals surface area contributed by atoms with Gasteiger partial charge >= 0.3 is 0 Å². The first kappa shape index (κ1) is 14.8. The lowest BCUT2D eigenvalue weighted by atomic mass is 10.1. The van der Waals surface area contributed by atoms with Gasteiger partial charge in [-0.3, -0.25) is 9.59 Å². The average Bonchev–Trinajstić information content (AvgIpc) is 2.25. The molecule has 0 heterocycles. The summed E-state index contributed by atoms with van der Waals surface area (Å²) in [5, 5.41) is 5.73. The van der Waals surface area contributed by atoms with Crippen LogP contribution in [-0.4, -0.2) is 23.9 Å². The first-order valence-corrected chi connectivity index (χ1v) is 5.93. The molecule has 0 fully saturated rings. The largest absolute Gasteiger partial charge is 0.398 e. The second-order valence-corrected chi connectivity index (χ2v) is 5.32. The summed E-state index contributed by atoms with van der Waals surface area (Å²) in [6, 6.07) is 4.79. The number of rotatable bonds is 4. The minimum atomic E-state index is -0.597. The van der Waals surface area contributed by atoms with Crippen molar-refractivity contribution in [1.82, 2.24) is 5.32 Å². The van der Waals surface area contributed by atoms with Gasteiger partial charge in [0.1, 0.15) is 0 Å². The number of hydrogen-bond donors (Lipinski definition) is 4. The lowest BCUT2D eigenvalue weighted by Crippen LogP contribution is -2.43. The molecule has 104 valence electrons. The van der Waals surface area contributed by atoms with E-state index in [1.165, 1.54) is 6.07 Å². The van der Waals surface area contributed by atoms with E-state index in [1.807, 2.05) is 20.8 Å². The van der Waals surface area contributed by atoms with Crippen LogP contribution in [-0.2, 0) is 4.79 Å². The highest BCUT2D eigenvalue weighted by Crippen LogP contribution is 2.17. The van der Waals surface area contributed by atoms with E-state index in [2.05, 4.69) is 10.6 Å². The molecule has 1 aromatic carbocycles. The second kappa shape index (κ2) is 5.60. The molecule has 0 atom stereocenters. The van der Waals surface area contributed by atoms with Crippen LogP contribution in [0.4, 0.5) is 11.4 Å². The Morgan fingerprint density at radius 3 is 2.42 bits per heavy atom. The van der Waals surface area contributed by atoms with E-state index in [0.717, 1.165) is 0 Å². The molecule has 0 aromatic heterocycles. The smallest absolute Gasteiger partial charge is 0.250 e. The summed E-state index contributed by atoms with van der Waals surface area (Å²) in [6.07, 6.45) is 0. The van der Waals surface area contributed by atoms with E-state index in [1.54, 1.807) is 12.1 Å². The van der Waals surface area contributed by atoms with Gasteiger partial charge in [-0.05, 0) is 39.0 Å². The molecular weight excluding hydrogens is 244 g/mol. The van der Waals surface area contributed by atoms with Gasteiger partial charge in [-0.25, -0.2) is 0 Å². The molecule has 19 heavy (non-hydrogen) atoms. The number of anilines is 2. The molecule has 0 saturated carbocycles. The fourth-order valence-corrected chi connectivity index (χ4v) is 1.52. The normalized spacial score (nSPS) is 10.9. The number of nitrogen functional groups attached to an aromatic ring is 1. The highest BCUT2D eigenvalue weighted by molar-refractivity contribution is 5.99. The van der Waals surface area contributed by atoms with E-state index in [4.69, 9.17) is 11.5 Å². The third-order valence-corrected chi connectivity index (χ3v) is 2.29. The van der Waals surface area contributed by atoms with Gasteiger partial charge in [0.15, 0.2) is 0 Å². The summed E-state index contributed by atoms with van der Waals surface area (Å²) in [6.45, 7) is 5.82. The van der Waals surface area contributed by atoms with Gasteiger partial charge in [-0.2, -0.15) is 0 Å². The molecule has 0 bridgehead atoms. The molecule has 0 aliphatic heterocycles. The lowest BCUT2D eigenvalue weighted by molar-refractivity contribution is -0.120. The Morgan fingerprint density at radius 1 is 1.26 bits per heavy atom. The van der Waals surface area contributed by atoms with Crippen molar-refractivity contribution in [3.63, 3.8) is 0 Å². The minimum Gasteiger partial charge on any atom is -0.398 e. The Balaban J connectivity index is 2.66. The van der Waals surface area contributed by atoms with Crippen LogP contribution in [0.1, 0.15) is 31.1 Å². The molecule has 1 rings (SSSR count). The van der Waals surface area contributed by atoms with E-state index in [-0.39, 0.29) is 23.6 Å². The van der Waals surface area contributed by atoms with Crippen LogP contribution in [0.5, 0.6) is 0 Å². The number of amides is 2. The molecule has 0 saturated heterocycles. The standard InChI is InChI=1S/C13H20N4O2/c1-13(2,3)17-11(18)7-16-8-4-5-10(14)9(6-8)12(15)19/h4-6,16H,7,14H2,1-3H3,(H2,15,19)(H,17,18). The fraction of sp³-hybridized carbons (Fsp3) is 0.385. The van der Waals surface area contributed by atoms with Gasteiger partial charge in [0.25, 0.3) is 5.91 Å². The number of nitrogens with one attached hydrogen (secondary N) is 2. The highest BCUT2D eigenvalue weighted by atomic mass is 16.2. The van der Waals surface area contributed by atoms with Crippen molar-refractivity contribution in [2.45, 2.75) is 26.3 Å². The summed E-state index contributed by atoms with van der Waals surface area (Å²) >= 11 is 0. The fourth-order valence-electron chi connectivity index (χ4n) is 1.52. The first-order chi connectivity index (χ1) is 8.69. The second-order valence-electron chi connectivity index (χ2n) is 5.32. The molecule has 6 N–H and O–H groups in total. The van der Waals surface area contributed by atoms with E-state index in [9.17, 15) is 9.59 Å². The molecule has 0 radical (unpaired) electrons. The Kier molecular flexibility index (Phi) is 4.37. The Labute approximate surface area is 112 Å². The summed E-state index contributed by atoms with van der Waals surface area (Å²) in [4.78, 5) is 22.8. The van der Waals surface area contributed by atoms with Crippen molar-refractivity contribution in [3.05, 3.63) is 23.8 Å². The van der Waals surface area contributed by atoms with Crippen molar-refractivity contribution in [2.75, 3.05) is 17.6 Å². The zero-order valence-electron chi connectivity index (χ0n) is 11.4. The van der Waals surface area contributed by atoms with Crippen molar-refractivity contribution in [2.24, 2.45) is 5.73 Å². The van der Waals surface area contributed by atoms with Crippen LogP contribution in [0.3, 0.4) is 0 Å². The van der Waals surface area contributed by atoms with Gasteiger partial charge in [-0.15, -0.1) is 0 Å². The number of primary amides is 1. The van der Waals surface area contributed by atoms with Gasteiger partial charge in [-0.1, -0.05) is 0 Å². The quantitative estimate of drug-likeness (QED) is 0.600. The zero-order chi connectivity index (χ0) is 14.6. The van der Waals surface area contributed by atoms with Crippen LogP contribution in [0.25, 0.3) is 0 Å². The zero-order valence-corrected chi connectivity index (χ0v) is 11.4. The number of benzene rings is 1. The van der Waals surface area contributed by atoms with Gasteiger partial charge in [0.2, 0.25) is 5.91 Å². The Hall–Kier alpha value is -2.24. The van der Waals surface area contributed by atoms with Crippen LogP contribution in [0, 0.1) is 0 Å². The maximum Gasteiger partial charge on any atom is 0.250 e. The molecule has 6 nitrogen and oxygen atoms in total. The topological polar surface area (TPSA) is 110 Å². The van der Waals surface area contributed by atoms with Crippen LogP contribution in [0.2, 0.25) is 0 Å². The highest BCUT2D eigenvalue weighted by Gasteiger charge is 2.13. The van der Waals surface area contributed by atoms with Gasteiger partial charge < -0.3 is 22.1 Å². The average molecular weight is 264 g/mol. The van der Waals surface area contributed by atoms with Crippen LogP contribution >= 0.6 is 0 Å². The molecular formula is C13H20N4O2. The summed E-state index contributed by atoms with van der Waals surface area (Å²) < 4.78 is 0. The predicted molar refractivity (Wildman–Crippen MR) is 75.8 cm³/mol. The maximum absolute atomic E-state index is 11.6. The molecule has 6 heteroatoms. The SMILES string of the molecule is CC(C)(C)NC(=O)CNc1ccc(N)c(C(N)=O)c1. The van der Waals surface area contributed by atoms with E-state index < -0.39 is 5.91 Å². The number of carbonyl (C=O) groups excluding carboxylic acids is 2. The van der Waals surface area contributed by atoms with Crippen LogP contribution < -0.4 is 22.1 Å². The predicted octanol–water partition coefficient (Wildman–Crippen LogP) is 0.694. The molecule has 0 aliphatic rings. The lowest BCUT2D eigenvalue weighted by Gasteiger charge is -2.20. The van der Waals surface area contributed by atoms with Crippen molar-refractivity contribution in [3.8, 4) is 0 Å². The number of hydrogen-bond acceptors (Lipinski definition) is 4. The van der Waals surface area contributed by atoms with E-state index >= 15 is 0 Å². The summed E-state index contributed by atoms with van der Waals surface area (Å²) in [5.41, 5.74) is 11.7. The molecule has 0 unspecified atom stereocenters. The third-order valence-electron chi connectivity index (χ3n) is 2.29. The third kappa shape index (κ3) is 4.87. The Morgan fingerprint density at radius 2 is 1.89 bits per heavy atom. The van der Waals surface area contributed by atoms with Gasteiger partial charge in [0.05, 0.1) is 12.1 Å². The minimum absolute atomic E-state index is 0.111. The van der Waals surface area contributed by atoms with Crippen molar-refractivity contribution in [1.29, 1.82) is 0 Å².